The number of nitrogens with one attached hydrogen (secondary N) is 1. The van der Waals surface area contributed by atoms with Gasteiger partial charge in [0.15, 0.2) is 5.76 Å². The molecule has 1 aliphatic rings. The Morgan fingerprint density at radius 1 is 1.00 bits per heavy atom. The largest absolute Gasteiger partial charge is 0.486 e. The summed E-state index contributed by atoms with van der Waals surface area (Å²) >= 11 is 0. The third-order valence-corrected chi connectivity index (χ3v) is 4.26. The third kappa shape index (κ3) is 5.48. The summed E-state index contributed by atoms with van der Waals surface area (Å²) < 4.78 is 11.2. The monoisotopic (exact) mass is 340 g/mol. The second kappa shape index (κ2) is 9.06. The summed E-state index contributed by atoms with van der Waals surface area (Å²) in [6.45, 7) is 0.284. The molecular formula is C20H24N2O3. The molecule has 1 fully saturated rings. The summed E-state index contributed by atoms with van der Waals surface area (Å²) in [5, 5.41) is 4.29. The van der Waals surface area contributed by atoms with Gasteiger partial charge in [-0.15, -0.1) is 0 Å². The SMILES string of the molecule is O=C(NN=C1CCCCCCC1)c1ccc(COc2ccccc2)o1. The summed E-state index contributed by atoms with van der Waals surface area (Å²) in [7, 11) is 0. The molecule has 5 nitrogen and oxygen atoms in total. The first-order valence-electron chi connectivity index (χ1n) is 8.93. The summed E-state index contributed by atoms with van der Waals surface area (Å²) in [4.78, 5) is 12.2. The predicted octanol–water partition coefficient (Wildman–Crippen LogP) is 4.69. The van der Waals surface area contributed by atoms with Crippen LogP contribution in [-0.4, -0.2) is 11.6 Å². The minimum atomic E-state index is -0.319. The van der Waals surface area contributed by atoms with Gasteiger partial charge in [-0.2, -0.15) is 5.10 Å². The van der Waals surface area contributed by atoms with E-state index in [0.29, 0.717) is 5.76 Å². The molecule has 0 spiro atoms. The van der Waals surface area contributed by atoms with Crippen molar-refractivity contribution < 1.29 is 13.9 Å². The van der Waals surface area contributed by atoms with Crippen molar-refractivity contribution in [1.82, 2.24) is 5.43 Å². The average molecular weight is 340 g/mol. The number of ether oxygens (including phenoxy) is 1. The number of benzene rings is 1. The van der Waals surface area contributed by atoms with Crippen LogP contribution < -0.4 is 10.2 Å². The van der Waals surface area contributed by atoms with Crippen LogP contribution in [0.25, 0.3) is 0 Å². The van der Waals surface area contributed by atoms with Crippen molar-refractivity contribution in [3.05, 3.63) is 54.0 Å². The fourth-order valence-electron chi connectivity index (χ4n) is 2.86. The van der Waals surface area contributed by atoms with Gasteiger partial charge in [-0.05, 0) is 49.9 Å². The first-order valence-corrected chi connectivity index (χ1v) is 8.93. The molecule has 1 heterocycles. The molecule has 1 aromatic heterocycles. The molecule has 25 heavy (non-hydrogen) atoms. The lowest BCUT2D eigenvalue weighted by Gasteiger charge is -2.10. The molecule has 0 aliphatic heterocycles. The van der Waals surface area contributed by atoms with Gasteiger partial charge in [0.1, 0.15) is 18.1 Å². The number of amides is 1. The van der Waals surface area contributed by atoms with Gasteiger partial charge >= 0.3 is 5.91 Å². The molecule has 0 bridgehead atoms. The summed E-state index contributed by atoms with van der Waals surface area (Å²) in [5.41, 5.74) is 3.69. The highest BCUT2D eigenvalue weighted by Crippen LogP contribution is 2.16. The Hall–Kier alpha value is -2.56. The van der Waals surface area contributed by atoms with E-state index in [1.807, 2.05) is 30.3 Å². The third-order valence-electron chi connectivity index (χ3n) is 4.26. The Bertz CT molecular complexity index is 697. The molecular weight excluding hydrogens is 316 g/mol. The second-order valence-corrected chi connectivity index (χ2v) is 6.25. The van der Waals surface area contributed by atoms with E-state index in [1.165, 1.54) is 19.3 Å². The van der Waals surface area contributed by atoms with Crippen LogP contribution in [0.1, 0.15) is 61.3 Å². The van der Waals surface area contributed by atoms with Crippen molar-refractivity contribution in [3.8, 4) is 5.75 Å². The van der Waals surface area contributed by atoms with E-state index in [0.717, 1.165) is 37.1 Å². The highest BCUT2D eigenvalue weighted by molar-refractivity contribution is 5.93. The van der Waals surface area contributed by atoms with Gasteiger partial charge in [-0.1, -0.05) is 37.5 Å². The van der Waals surface area contributed by atoms with Crippen molar-refractivity contribution in [2.24, 2.45) is 5.10 Å². The maximum Gasteiger partial charge on any atom is 0.307 e. The molecule has 5 heteroatoms. The van der Waals surface area contributed by atoms with Crippen molar-refractivity contribution in [2.75, 3.05) is 0 Å². The van der Waals surface area contributed by atoms with E-state index in [9.17, 15) is 4.79 Å². The fraction of sp³-hybridized carbons (Fsp3) is 0.400. The maximum absolute atomic E-state index is 12.2. The molecule has 0 saturated heterocycles. The summed E-state index contributed by atoms with van der Waals surface area (Å²) in [6, 6.07) is 12.9. The topological polar surface area (TPSA) is 63.8 Å². The van der Waals surface area contributed by atoms with E-state index in [-0.39, 0.29) is 18.3 Å². The van der Waals surface area contributed by atoms with Gasteiger partial charge < -0.3 is 9.15 Å². The first kappa shape index (κ1) is 17.3. The standard InChI is InChI=1S/C20H24N2O3/c23-20(22-21-16-9-5-2-1-3-6-10-16)19-14-13-18(25-19)15-24-17-11-7-4-8-12-17/h4,7-8,11-14H,1-3,5-6,9-10,15H2,(H,22,23). The van der Waals surface area contributed by atoms with Crippen LogP contribution in [0, 0.1) is 0 Å². The molecule has 1 N–H and O–H groups in total. The van der Waals surface area contributed by atoms with Crippen LogP contribution in [0.2, 0.25) is 0 Å². The molecule has 1 aliphatic carbocycles. The number of rotatable bonds is 5. The zero-order chi connectivity index (χ0) is 17.3. The van der Waals surface area contributed by atoms with Crippen LogP contribution in [-0.2, 0) is 6.61 Å². The normalized spacial score (nSPS) is 15.1. The zero-order valence-corrected chi connectivity index (χ0v) is 14.4. The molecule has 3 rings (SSSR count). The Kier molecular flexibility index (Phi) is 6.26. The van der Waals surface area contributed by atoms with Crippen molar-refractivity contribution >= 4 is 11.6 Å². The van der Waals surface area contributed by atoms with E-state index in [4.69, 9.17) is 9.15 Å². The lowest BCUT2D eigenvalue weighted by molar-refractivity contribution is 0.0923. The lowest BCUT2D eigenvalue weighted by atomic mass is 9.99. The maximum atomic E-state index is 12.2. The summed E-state index contributed by atoms with van der Waals surface area (Å²) in [6.07, 6.45) is 8.03. The van der Waals surface area contributed by atoms with Gasteiger partial charge in [0.05, 0.1) is 0 Å². The van der Waals surface area contributed by atoms with Gasteiger partial charge in [0.2, 0.25) is 0 Å². The van der Waals surface area contributed by atoms with Gasteiger partial charge in [0.25, 0.3) is 0 Å². The van der Waals surface area contributed by atoms with E-state index >= 15 is 0 Å². The highest BCUT2D eigenvalue weighted by Gasteiger charge is 2.12. The number of carbonyl (C=O) groups excluding carboxylic acids is 1. The van der Waals surface area contributed by atoms with Crippen LogP contribution in [0.3, 0.4) is 0 Å². The number of nitrogens with zero attached hydrogens (tertiary/aromatic N) is 1. The molecule has 2 aromatic rings. The molecule has 0 radical (unpaired) electrons. The lowest BCUT2D eigenvalue weighted by Crippen LogP contribution is -2.19. The van der Waals surface area contributed by atoms with Gasteiger partial charge in [-0.3, -0.25) is 4.79 Å². The minimum Gasteiger partial charge on any atom is -0.486 e. The zero-order valence-electron chi connectivity index (χ0n) is 14.4. The van der Waals surface area contributed by atoms with Gasteiger partial charge in [0, 0.05) is 5.71 Å². The highest BCUT2D eigenvalue weighted by atomic mass is 16.5. The fourth-order valence-corrected chi connectivity index (χ4v) is 2.86. The second-order valence-electron chi connectivity index (χ2n) is 6.25. The molecule has 1 amide bonds. The molecule has 1 saturated carbocycles. The van der Waals surface area contributed by atoms with E-state index in [2.05, 4.69) is 10.5 Å². The molecule has 132 valence electrons. The number of hydrazone groups is 1. The number of carbonyl (C=O) groups is 1. The molecule has 1 aromatic carbocycles. The van der Waals surface area contributed by atoms with Crippen molar-refractivity contribution in [3.63, 3.8) is 0 Å². The Labute approximate surface area is 148 Å². The van der Waals surface area contributed by atoms with E-state index in [1.54, 1.807) is 12.1 Å². The van der Waals surface area contributed by atoms with Crippen LogP contribution in [0.5, 0.6) is 5.75 Å². The van der Waals surface area contributed by atoms with Crippen molar-refractivity contribution in [2.45, 2.75) is 51.6 Å². The number of hydrogen-bond donors (Lipinski definition) is 1. The van der Waals surface area contributed by atoms with Crippen LogP contribution in [0.4, 0.5) is 0 Å². The van der Waals surface area contributed by atoms with Crippen LogP contribution in [0.15, 0.2) is 52.0 Å². The van der Waals surface area contributed by atoms with E-state index < -0.39 is 0 Å². The summed E-state index contributed by atoms with van der Waals surface area (Å²) in [5.74, 6) is 1.30. The Morgan fingerprint density at radius 3 is 2.48 bits per heavy atom. The first-order chi connectivity index (χ1) is 12.3. The molecule has 0 unspecified atom stereocenters. The number of hydrogen-bond acceptors (Lipinski definition) is 4. The Balaban J connectivity index is 1.51. The quantitative estimate of drug-likeness (QED) is 0.803. The van der Waals surface area contributed by atoms with Crippen molar-refractivity contribution in [1.29, 1.82) is 0 Å². The Morgan fingerprint density at radius 2 is 1.72 bits per heavy atom. The molecule has 0 atom stereocenters. The van der Waals surface area contributed by atoms with Crippen LogP contribution >= 0.6 is 0 Å². The predicted molar refractivity (Wildman–Crippen MR) is 96.7 cm³/mol. The average Bonchev–Trinajstić information content (AvgIpc) is 3.09. The minimum absolute atomic E-state index is 0.252. The van der Waals surface area contributed by atoms with Gasteiger partial charge in [-0.25, -0.2) is 5.43 Å². The number of para-hydroxylation sites is 1. The smallest absolute Gasteiger partial charge is 0.307 e. The number of furan rings is 1.